The first-order valence-corrected chi connectivity index (χ1v) is 7.72. The molecule has 0 aliphatic heterocycles. The average Bonchev–Trinajstić information content (AvgIpc) is 2.59. The van der Waals surface area contributed by atoms with Gasteiger partial charge in [0.25, 0.3) is 5.91 Å². The molecule has 2 N–H and O–H groups in total. The molecule has 1 amide bonds. The second-order valence-corrected chi connectivity index (χ2v) is 5.37. The van der Waals surface area contributed by atoms with Crippen molar-refractivity contribution in [1.82, 2.24) is 0 Å². The Morgan fingerprint density at radius 2 is 1.81 bits per heavy atom. The Kier molecular flexibility index (Phi) is 5.86. The third-order valence-corrected chi connectivity index (χ3v) is 3.46. The van der Waals surface area contributed by atoms with Crippen LogP contribution in [-0.2, 0) is 15.7 Å². The zero-order valence-electron chi connectivity index (χ0n) is 13.9. The fraction of sp³-hybridized carbons (Fsp3) is 0.222. The van der Waals surface area contributed by atoms with E-state index in [9.17, 15) is 22.8 Å². The number of esters is 1. The number of nitrogens with two attached hydrogens (primary N) is 1. The summed E-state index contributed by atoms with van der Waals surface area (Å²) in [5.41, 5.74) is 5.12. The van der Waals surface area contributed by atoms with Crippen LogP contribution in [0.5, 0.6) is 0 Å². The molecule has 0 bridgehead atoms. The van der Waals surface area contributed by atoms with Gasteiger partial charge in [-0.2, -0.15) is 13.2 Å². The van der Waals surface area contributed by atoms with Gasteiger partial charge in [0.2, 0.25) is 0 Å². The first kappa shape index (κ1) is 19.3. The summed E-state index contributed by atoms with van der Waals surface area (Å²) in [6.07, 6.45) is -4.58. The lowest BCUT2D eigenvalue weighted by Gasteiger charge is -2.23. The van der Waals surface area contributed by atoms with Crippen LogP contribution in [0.4, 0.5) is 24.5 Å². The van der Waals surface area contributed by atoms with Crippen molar-refractivity contribution in [2.45, 2.75) is 13.1 Å². The summed E-state index contributed by atoms with van der Waals surface area (Å²) in [6.45, 7) is 1.15. The van der Waals surface area contributed by atoms with E-state index in [2.05, 4.69) is 0 Å². The van der Waals surface area contributed by atoms with Crippen molar-refractivity contribution in [2.24, 2.45) is 0 Å². The molecule has 5 nitrogen and oxygen atoms in total. The molecule has 0 fully saturated rings. The lowest BCUT2D eigenvalue weighted by Crippen LogP contribution is -2.36. The molecule has 2 aromatic carbocycles. The lowest BCUT2D eigenvalue weighted by molar-refractivity contribution is -0.141. The molecule has 0 atom stereocenters. The normalized spacial score (nSPS) is 11.1. The monoisotopic (exact) mass is 366 g/mol. The highest BCUT2D eigenvalue weighted by Gasteiger charge is 2.31. The lowest BCUT2D eigenvalue weighted by atomic mass is 10.1. The SMILES string of the molecule is CCOC(=O)CN(C(=O)c1cccc(N)c1)c1cccc(C(F)(F)F)c1. The predicted octanol–water partition coefficient (Wildman–Crippen LogP) is 3.50. The van der Waals surface area contributed by atoms with E-state index < -0.39 is 30.2 Å². The number of carbonyl (C=O) groups excluding carboxylic acids is 2. The fourth-order valence-corrected chi connectivity index (χ4v) is 2.29. The van der Waals surface area contributed by atoms with E-state index in [-0.39, 0.29) is 17.9 Å². The Morgan fingerprint density at radius 3 is 2.42 bits per heavy atom. The van der Waals surface area contributed by atoms with Crippen LogP contribution in [0, 0.1) is 0 Å². The molecular formula is C18H17F3N2O3. The third-order valence-electron chi connectivity index (χ3n) is 3.46. The van der Waals surface area contributed by atoms with E-state index in [4.69, 9.17) is 10.5 Å². The van der Waals surface area contributed by atoms with Crippen LogP contribution in [0.2, 0.25) is 0 Å². The summed E-state index contributed by atoms with van der Waals surface area (Å²) in [5.74, 6) is -1.40. The third kappa shape index (κ3) is 4.75. The Labute approximate surface area is 148 Å². The van der Waals surface area contributed by atoms with Crippen LogP contribution in [-0.4, -0.2) is 25.0 Å². The maximum Gasteiger partial charge on any atom is 0.416 e. The minimum Gasteiger partial charge on any atom is -0.465 e. The first-order valence-electron chi connectivity index (χ1n) is 7.72. The number of rotatable bonds is 5. The van der Waals surface area contributed by atoms with Gasteiger partial charge < -0.3 is 10.5 Å². The zero-order chi connectivity index (χ0) is 19.3. The van der Waals surface area contributed by atoms with Gasteiger partial charge in [-0.25, -0.2) is 0 Å². The summed E-state index contributed by atoms with van der Waals surface area (Å²) in [4.78, 5) is 25.6. The molecule has 0 unspecified atom stereocenters. The second kappa shape index (κ2) is 7.90. The number of hydrogen-bond acceptors (Lipinski definition) is 4. The van der Waals surface area contributed by atoms with Crippen molar-refractivity contribution in [3.05, 3.63) is 59.7 Å². The highest BCUT2D eigenvalue weighted by Crippen LogP contribution is 2.32. The molecule has 0 aliphatic carbocycles. The van der Waals surface area contributed by atoms with E-state index in [0.717, 1.165) is 17.0 Å². The summed E-state index contributed by atoms with van der Waals surface area (Å²) >= 11 is 0. The van der Waals surface area contributed by atoms with Crippen molar-refractivity contribution in [1.29, 1.82) is 0 Å². The minimum atomic E-state index is -4.58. The van der Waals surface area contributed by atoms with Gasteiger partial charge in [-0.15, -0.1) is 0 Å². The van der Waals surface area contributed by atoms with Gasteiger partial charge in [0.15, 0.2) is 0 Å². The van der Waals surface area contributed by atoms with Crippen molar-refractivity contribution < 1.29 is 27.5 Å². The molecule has 138 valence electrons. The van der Waals surface area contributed by atoms with E-state index in [0.29, 0.717) is 5.69 Å². The number of nitrogens with zero attached hydrogens (tertiary/aromatic N) is 1. The highest BCUT2D eigenvalue weighted by molar-refractivity contribution is 6.08. The number of halogens is 3. The second-order valence-electron chi connectivity index (χ2n) is 5.37. The number of hydrogen-bond donors (Lipinski definition) is 1. The maximum absolute atomic E-state index is 13.0. The molecule has 0 saturated carbocycles. The van der Waals surface area contributed by atoms with E-state index in [1.165, 1.54) is 30.3 Å². The van der Waals surface area contributed by atoms with Crippen LogP contribution < -0.4 is 10.6 Å². The van der Waals surface area contributed by atoms with Crippen molar-refractivity contribution in [2.75, 3.05) is 23.8 Å². The van der Waals surface area contributed by atoms with Gasteiger partial charge in [-0.1, -0.05) is 12.1 Å². The van der Waals surface area contributed by atoms with Crippen LogP contribution >= 0.6 is 0 Å². The highest BCUT2D eigenvalue weighted by atomic mass is 19.4. The summed E-state index contributed by atoms with van der Waals surface area (Å²) < 4.78 is 43.8. The maximum atomic E-state index is 13.0. The number of amides is 1. The van der Waals surface area contributed by atoms with Gasteiger partial charge in [0, 0.05) is 16.9 Å². The van der Waals surface area contributed by atoms with Gasteiger partial charge in [0.1, 0.15) is 6.54 Å². The Morgan fingerprint density at radius 1 is 1.12 bits per heavy atom. The largest absolute Gasteiger partial charge is 0.465 e. The fourth-order valence-electron chi connectivity index (χ4n) is 2.29. The molecule has 0 aliphatic rings. The number of ether oxygens (including phenoxy) is 1. The quantitative estimate of drug-likeness (QED) is 0.649. The van der Waals surface area contributed by atoms with Crippen LogP contribution in [0.25, 0.3) is 0 Å². The molecule has 0 heterocycles. The van der Waals surface area contributed by atoms with E-state index >= 15 is 0 Å². The number of benzene rings is 2. The van der Waals surface area contributed by atoms with Crippen molar-refractivity contribution >= 4 is 23.3 Å². The van der Waals surface area contributed by atoms with Crippen LogP contribution in [0.1, 0.15) is 22.8 Å². The van der Waals surface area contributed by atoms with Crippen LogP contribution in [0.3, 0.4) is 0 Å². The molecule has 0 radical (unpaired) electrons. The topological polar surface area (TPSA) is 72.6 Å². The molecule has 8 heteroatoms. The van der Waals surface area contributed by atoms with Crippen LogP contribution in [0.15, 0.2) is 48.5 Å². The molecule has 2 rings (SSSR count). The van der Waals surface area contributed by atoms with Gasteiger partial charge in [0.05, 0.1) is 12.2 Å². The zero-order valence-corrected chi connectivity index (χ0v) is 13.9. The van der Waals surface area contributed by atoms with Crippen molar-refractivity contribution in [3.8, 4) is 0 Å². The Balaban J connectivity index is 2.44. The molecule has 26 heavy (non-hydrogen) atoms. The molecule has 0 spiro atoms. The van der Waals surface area contributed by atoms with E-state index in [1.807, 2.05) is 0 Å². The average molecular weight is 366 g/mol. The molecule has 2 aromatic rings. The minimum absolute atomic E-state index is 0.0692. The Hall–Kier alpha value is -3.03. The summed E-state index contributed by atoms with van der Waals surface area (Å²) in [7, 11) is 0. The van der Waals surface area contributed by atoms with E-state index in [1.54, 1.807) is 13.0 Å². The standard InChI is InChI=1S/C18H17F3N2O3/c1-2-26-16(24)11-23(17(25)12-5-3-7-14(22)9-12)15-8-4-6-13(10-15)18(19,20)21/h3-10H,2,11,22H2,1H3. The summed E-state index contributed by atoms with van der Waals surface area (Å²) in [5, 5.41) is 0. The molecule has 0 aromatic heterocycles. The predicted molar refractivity (Wildman–Crippen MR) is 90.6 cm³/mol. The smallest absolute Gasteiger partial charge is 0.416 e. The summed E-state index contributed by atoms with van der Waals surface area (Å²) in [6, 6.07) is 10.1. The number of alkyl halides is 3. The molecular weight excluding hydrogens is 349 g/mol. The number of carbonyl (C=O) groups is 2. The first-order chi connectivity index (χ1) is 12.2. The van der Waals surface area contributed by atoms with Gasteiger partial charge in [-0.05, 0) is 43.3 Å². The number of nitrogen functional groups attached to an aromatic ring is 1. The molecule has 0 saturated heterocycles. The van der Waals surface area contributed by atoms with Gasteiger partial charge in [-0.3, -0.25) is 14.5 Å². The Bertz CT molecular complexity index is 806. The number of anilines is 2. The van der Waals surface area contributed by atoms with Crippen molar-refractivity contribution in [3.63, 3.8) is 0 Å². The van der Waals surface area contributed by atoms with Gasteiger partial charge >= 0.3 is 12.1 Å².